The number of aromatic nitrogens is 4. The lowest BCUT2D eigenvalue weighted by Gasteiger charge is -2.28. The highest BCUT2D eigenvalue weighted by Crippen LogP contribution is 2.33. The molecule has 0 unspecified atom stereocenters. The number of hydrogen-bond donors (Lipinski definition) is 2. The van der Waals surface area contributed by atoms with Crippen molar-refractivity contribution in [2.45, 2.75) is 38.4 Å². The van der Waals surface area contributed by atoms with Gasteiger partial charge in [0, 0.05) is 11.4 Å². The number of likely N-dealkylation sites (tertiary alicyclic amines) is 1. The molecule has 3 N–H and O–H groups in total. The van der Waals surface area contributed by atoms with E-state index >= 15 is 0 Å². The van der Waals surface area contributed by atoms with Gasteiger partial charge in [-0.15, -0.1) is 0 Å². The number of nitrogen functional groups attached to an aromatic ring is 1. The Morgan fingerprint density at radius 3 is 2.79 bits per heavy atom. The van der Waals surface area contributed by atoms with Gasteiger partial charge in [-0.2, -0.15) is 0 Å². The Balaban J connectivity index is 1.48. The third-order valence-electron chi connectivity index (χ3n) is 6.16. The van der Waals surface area contributed by atoms with Crippen LogP contribution in [0.3, 0.4) is 0 Å². The Labute approximate surface area is 202 Å². The normalized spacial score (nSPS) is 18.0. The zero-order chi connectivity index (χ0) is 24.0. The van der Waals surface area contributed by atoms with Crippen molar-refractivity contribution in [1.29, 1.82) is 0 Å². The standard InChI is InChI=1S/C23H21BrFN7O2/c1-12-8-9-15(23(34)30-17-7-3-6-16(24)29-17)32(12)18(33)10-31-20-13(4-2-5-14(20)25)19-21(26)27-11-28-22(19)31/h2-7,11-12,15H,8-10H2,1H3,(H2,26,27,28)(H,29,30,34)/t12-,15+/m1/s1. The zero-order valence-electron chi connectivity index (χ0n) is 18.2. The van der Waals surface area contributed by atoms with Gasteiger partial charge in [0.15, 0.2) is 0 Å². The summed E-state index contributed by atoms with van der Waals surface area (Å²) in [5.41, 5.74) is 6.66. The van der Waals surface area contributed by atoms with Gasteiger partial charge in [-0.3, -0.25) is 9.59 Å². The van der Waals surface area contributed by atoms with Gasteiger partial charge in [0.05, 0.1) is 10.9 Å². The molecular formula is C23H21BrFN7O2. The minimum atomic E-state index is -0.666. The number of carbonyl (C=O) groups is 2. The maximum atomic E-state index is 14.9. The second-order valence-corrected chi connectivity index (χ2v) is 9.07. The van der Waals surface area contributed by atoms with E-state index in [0.29, 0.717) is 39.7 Å². The Hall–Kier alpha value is -3.60. The second-order valence-electron chi connectivity index (χ2n) is 8.26. The van der Waals surface area contributed by atoms with Gasteiger partial charge in [0.1, 0.15) is 46.6 Å². The number of nitrogens with zero attached hydrogens (tertiary/aromatic N) is 5. The molecule has 1 saturated heterocycles. The van der Waals surface area contributed by atoms with E-state index in [9.17, 15) is 14.0 Å². The van der Waals surface area contributed by atoms with Crippen LogP contribution in [-0.2, 0) is 16.1 Å². The summed E-state index contributed by atoms with van der Waals surface area (Å²) in [6.45, 7) is 1.70. The molecule has 1 aliphatic rings. The fourth-order valence-electron chi connectivity index (χ4n) is 4.67. The fourth-order valence-corrected chi connectivity index (χ4v) is 5.01. The molecule has 3 aromatic heterocycles. The lowest BCUT2D eigenvalue weighted by atomic mass is 10.2. The molecule has 2 atom stereocenters. The highest BCUT2D eigenvalue weighted by atomic mass is 79.9. The van der Waals surface area contributed by atoms with Crippen LogP contribution in [0.5, 0.6) is 0 Å². The first-order valence-electron chi connectivity index (χ1n) is 10.8. The third-order valence-corrected chi connectivity index (χ3v) is 6.60. The lowest BCUT2D eigenvalue weighted by molar-refractivity contribution is -0.138. The molecule has 1 aromatic carbocycles. The summed E-state index contributed by atoms with van der Waals surface area (Å²) in [6, 6.07) is 9.00. The monoisotopic (exact) mass is 525 g/mol. The molecule has 0 saturated carbocycles. The van der Waals surface area contributed by atoms with Crippen LogP contribution in [0, 0.1) is 5.82 Å². The summed E-state index contributed by atoms with van der Waals surface area (Å²) in [5.74, 6) is -0.523. The van der Waals surface area contributed by atoms with Crippen LogP contribution in [0.4, 0.5) is 16.0 Å². The molecule has 1 aliphatic heterocycles. The summed E-state index contributed by atoms with van der Waals surface area (Å²) in [5, 5.41) is 3.81. The number of para-hydroxylation sites is 1. The minimum Gasteiger partial charge on any atom is -0.383 e. The third kappa shape index (κ3) is 3.75. The largest absolute Gasteiger partial charge is 0.383 e. The number of anilines is 2. The highest BCUT2D eigenvalue weighted by Gasteiger charge is 2.39. The second kappa shape index (κ2) is 8.64. The molecule has 4 heterocycles. The molecule has 11 heteroatoms. The number of benzene rings is 1. The van der Waals surface area contributed by atoms with Crippen LogP contribution < -0.4 is 11.1 Å². The van der Waals surface area contributed by atoms with Gasteiger partial charge in [-0.25, -0.2) is 19.3 Å². The van der Waals surface area contributed by atoms with Gasteiger partial charge in [-0.1, -0.05) is 18.2 Å². The topological polar surface area (TPSA) is 119 Å². The van der Waals surface area contributed by atoms with Crippen LogP contribution in [-0.4, -0.2) is 48.3 Å². The number of pyridine rings is 1. The molecule has 4 aromatic rings. The number of carbonyl (C=O) groups excluding carboxylic acids is 2. The number of amides is 2. The molecule has 0 aliphatic carbocycles. The quantitative estimate of drug-likeness (QED) is 0.393. The predicted molar refractivity (Wildman–Crippen MR) is 129 cm³/mol. The van der Waals surface area contributed by atoms with E-state index < -0.39 is 11.9 Å². The summed E-state index contributed by atoms with van der Waals surface area (Å²) in [6.07, 6.45) is 2.48. The number of hydrogen-bond acceptors (Lipinski definition) is 6. The van der Waals surface area contributed by atoms with Crippen molar-refractivity contribution in [1.82, 2.24) is 24.4 Å². The molecule has 0 spiro atoms. The van der Waals surface area contributed by atoms with Crippen molar-refractivity contribution < 1.29 is 14.0 Å². The van der Waals surface area contributed by atoms with Crippen molar-refractivity contribution in [2.24, 2.45) is 0 Å². The van der Waals surface area contributed by atoms with Gasteiger partial charge in [0.25, 0.3) is 0 Å². The van der Waals surface area contributed by atoms with Gasteiger partial charge >= 0.3 is 0 Å². The van der Waals surface area contributed by atoms with Gasteiger partial charge in [-0.05, 0) is 53.9 Å². The molecule has 2 amide bonds. The average molecular weight is 526 g/mol. The SMILES string of the molecule is C[C@@H]1CC[C@@H](C(=O)Nc2cccc(Br)n2)N1C(=O)Cn1c2ncnc(N)c2c2cccc(F)c21. The first kappa shape index (κ1) is 22.2. The summed E-state index contributed by atoms with van der Waals surface area (Å²) in [4.78, 5) is 40.7. The van der Waals surface area contributed by atoms with E-state index in [2.05, 4.69) is 36.2 Å². The van der Waals surface area contributed by atoms with Crippen molar-refractivity contribution in [3.8, 4) is 0 Å². The molecule has 0 radical (unpaired) electrons. The fraction of sp³-hybridized carbons (Fsp3) is 0.261. The minimum absolute atomic E-state index is 0.156. The van der Waals surface area contributed by atoms with E-state index in [0.717, 1.165) is 0 Å². The van der Waals surface area contributed by atoms with E-state index in [1.54, 1.807) is 35.2 Å². The number of nitrogens with two attached hydrogens (primary N) is 1. The van der Waals surface area contributed by atoms with Gasteiger partial charge < -0.3 is 20.5 Å². The highest BCUT2D eigenvalue weighted by molar-refractivity contribution is 9.10. The number of rotatable bonds is 4. The average Bonchev–Trinajstić information content (AvgIpc) is 3.34. The molecule has 0 bridgehead atoms. The van der Waals surface area contributed by atoms with Crippen LogP contribution in [0.15, 0.2) is 47.3 Å². The molecular weight excluding hydrogens is 505 g/mol. The number of fused-ring (bicyclic) bond motifs is 3. The molecule has 5 rings (SSSR count). The van der Waals surface area contributed by atoms with E-state index in [1.807, 2.05) is 6.92 Å². The van der Waals surface area contributed by atoms with Crippen LogP contribution in [0.25, 0.3) is 21.9 Å². The van der Waals surface area contributed by atoms with E-state index in [-0.39, 0.29) is 35.7 Å². The van der Waals surface area contributed by atoms with Crippen molar-refractivity contribution in [3.63, 3.8) is 0 Å². The van der Waals surface area contributed by atoms with Crippen molar-refractivity contribution >= 4 is 61.3 Å². The van der Waals surface area contributed by atoms with Crippen LogP contribution in [0.1, 0.15) is 19.8 Å². The maximum Gasteiger partial charge on any atom is 0.248 e. The first-order chi connectivity index (χ1) is 16.3. The number of halogens is 2. The predicted octanol–water partition coefficient (Wildman–Crippen LogP) is 3.48. The zero-order valence-corrected chi connectivity index (χ0v) is 19.8. The Morgan fingerprint density at radius 1 is 1.21 bits per heavy atom. The molecule has 1 fully saturated rings. The Morgan fingerprint density at radius 2 is 2.00 bits per heavy atom. The first-order valence-corrected chi connectivity index (χ1v) is 11.6. The Kier molecular flexibility index (Phi) is 5.64. The van der Waals surface area contributed by atoms with E-state index in [4.69, 9.17) is 5.73 Å². The molecule has 34 heavy (non-hydrogen) atoms. The van der Waals surface area contributed by atoms with Crippen molar-refractivity contribution in [3.05, 3.63) is 53.1 Å². The smallest absolute Gasteiger partial charge is 0.248 e. The van der Waals surface area contributed by atoms with Crippen LogP contribution >= 0.6 is 15.9 Å². The summed E-state index contributed by atoms with van der Waals surface area (Å²) in [7, 11) is 0. The molecule has 174 valence electrons. The summed E-state index contributed by atoms with van der Waals surface area (Å²) < 4.78 is 17.0. The van der Waals surface area contributed by atoms with Crippen molar-refractivity contribution in [2.75, 3.05) is 11.1 Å². The lowest BCUT2D eigenvalue weighted by Crippen LogP contribution is -2.47. The maximum absolute atomic E-state index is 14.9. The number of nitrogens with one attached hydrogen (secondary N) is 1. The molecule has 9 nitrogen and oxygen atoms in total. The summed E-state index contributed by atoms with van der Waals surface area (Å²) >= 11 is 3.28. The van der Waals surface area contributed by atoms with E-state index in [1.165, 1.54) is 17.0 Å². The van der Waals surface area contributed by atoms with Gasteiger partial charge in [0.2, 0.25) is 11.8 Å². The Bertz CT molecular complexity index is 1440. The van der Waals surface area contributed by atoms with Crippen LogP contribution in [0.2, 0.25) is 0 Å².